The molecule has 1 aliphatic rings. The van der Waals surface area contributed by atoms with Crippen LogP contribution in [-0.4, -0.2) is 47.1 Å². The lowest BCUT2D eigenvalue weighted by Gasteiger charge is -2.42. The summed E-state index contributed by atoms with van der Waals surface area (Å²) in [6, 6.07) is 14.4. The first-order valence-electron chi connectivity index (χ1n) is 9.69. The SMILES string of the molecule is CCN(CC(=O)O)C1CC(NC(=O)Cc2cc3c(ccc4ccccc43)o2)C1. The van der Waals surface area contributed by atoms with Crippen molar-refractivity contribution in [2.45, 2.75) is 38.3 Å². The van der Waals surface area contributed by atoms with Crippen LogP contribution in [0.2, 0.25) is 0 Å². The summed E-state index contributed by atoms with van der Waals surface area (Å²) in [6.45, 7) is 2.71. The van der Waals surface area contributed by atoms with Gasteiger partial charge in [0.1, 0.15) is 11.3 Å². The summed E-state index contributed by atoms with van der Waals surface area (Å²) in [6.07, 6.45) is 1.78. The van der Waals surface area contributed by atoms with Gasteiger partial charge in [-0.3, -0.25) is 14.5 Å². The maximum Gasteiger partial charge on any atom is 0.317 e. The number of likely N-dealkylation sites (N-methyl/N-ethyl adjacent to an activating group) is 1. The van der Waals surface area contributed by atoms with Crippen LogP contribution in [0.15, 0.2) is 46.9 Å². The molecule has 0 bridgehead atoms. The van der Waals surface area contributed by atoms with E-state index in [1.54, 1.807) is 0 Å². The van der Waals surface area contributed by atoms with Crippen LogP contribution in [0.5, 0.6) is 0 Å². The van der Waals surface area contributed by atoms with Gasteiger partial charge >= 0.3 is 5.97 Å². The maximum atomic E-state index is 12.4. The standard InChI is InChI=1S/C22H24N2O4/c1-2-24(13-22(26)27)16-9-15(10-16)23-21(25)12-17-11-19-18-6-4-3-5-14(18)7-8-20(19)28-17/h3-8,11,15-16H,2,9-10,12-13H2,1H3,(H,23,25)(H,26,27). The van der Waals surface area contributed by atoms with Crippen LogP contribution < -0.4 is 5.32 Å². The predicted octanol–water partition coefficient (Wildman–Crippen LogP) is 3.18. The number of carbonyl (C=O) groups is 2. The highest BCUT2D eigenvalue weighted by molar-refractivity contribution is 6.06. The summed E-state index contributed by atoms with van der Waals surface area (Å²) in [4.78, 5) is 25.3. The van der Waals surface area contributed by atoms with Gasteiger partial charge in [0.05, 0.1) is 13.0 Å². The molecule has 1 amide bonds. The van der Waals surface area contributed by atoms with Gasteiger partial charge in [-0.05, 0) is 42.3 Å². The lowest BCUT2D eigenvalue weighted by molar-refractivity contribution is -0.139. The number of rotatable bonds is 7. The van der Waals surface area contributed by atoms with Crippen molar-refractivity contribution in [1.82, 2.24) is 10.2 Å². The van der Waals surface area contributed by atoms with E-state index in [-0.39, 0.29) is 31.0 Å². The fraction of sp³-hybridized carbons (Fsp3) is 0.364. The van der Waals surface area contributed by atoms with E-state index in [0.717, 1.165) is 34.6 Å². The summed E-state index contributed by atoms with van der Waals surface area (Å²) in [5.74, 6) is -0.222. The molecular weight excluding hydrogens is 356 g/mol. The molecule has 1 heterocycles. The molecule has 28 heavy (non-hydrogen) atoms. The predicted molar refractivity (Wildman–Crippen MR) is 107 cm³/mol. The number of carbonyl (C=O) groups excluding carboxylic acids is 1. The maximum absolute atomic E-state index is 12.4. The first-order chi connectivity index (χ1) is 13.5. The second kappa shape index (κ2) is 7.64. The molecule has 0 unspecified atom stereocenters. The number of hydrogen-bond donors (Lipinski definition) is 2. The number of benzene rings is 2. The van der Waals surface area contributed by atoms with E-state index < -0.39 is 5.97 Å². The molecule has 0 spiro atoms. The summed E-state index contributed by atoms with van der Waals surface area (Å²) < 4.78 is 5.87. The highest BCUT2D eigenvalue weighted by Crippen LogP contribution is 2.29. The minimum atomic E-state index is -0.813. The van der Waals surface area contributed by atoms with E-state index in [2.05, 4.69) is 17.4 Å². The molecule has 1 fully saturated rings. The number of carboxylic acids is 1. The molecule has 6 nitrogen and oxygen atoms in total. The Morgan fingerprint density at radius 1 is 1.18 bits per heavy atom. The molecule has 0 atom stereocenters. The van der Waals surface area contributed by atoms with E-state index in [1.165, 1.54) is 0 Å². The molecule has 2 N–H and O–H groups in total. The third-order valence-corrected chi connectivity index (χ3v) is 5.55. The smallest absolute Gasteiger partial charge is 0.317 e. The molecule has 3 aromatic rings. The number of nitrogens with one attached hydrogen (secondary N) is 1. The number of aliphatic carboxylic acids is 1. The van der Waals surface area contributed by atoms with Crippen LogP contribution >= 0.6 is 0 Å². The largest absolute Gasteiger partial charge is 0.480 e. The zero-order chi connectivity index (χ0) is 19.7. The minimum absolute atomic E-state index is 0.0504. The molecule has 2 aromatic carbocycles. The first kappa shape index (κ1) is 18.5. The van der Waals surface area contributed by atoms with Gasteiger partial charge in [0, 0.05) is 17.5 Å². The van der Waals surface area contributed by atoms with Crippen LogP contribution in [0.4, 0.5) is 0 Å². The van der Waals surface area contributed by atoms with Gasteiger partial charge in [0.25, 0.3) is 0 Å². The van der Waals surface area contributed by atoms with Crippen molar-refractivity contribution in [2.75, 3.05) is 13.1 Å². The second-order valence-corrected chi connectivity index (χ2v) is 7.43. The molecule has 0 saturated heterocycles. The summed E-state index contributed by atoms with van der Waals surface area (Å²) in [5.41, 5.74) is 0.789. The molecule has 0 radical (unpaired) electrons. The Morgan fingerprint density at radius 2 is 1.96 bits per heavy atom. The number of carboxylic acid groups (broad SMARTS) is 1. The molecule has 1 aliphatic carbocycles. The van der Waals surface area contributed by atoms with Crippen molar-refractivity contribution < 1.29 is 19.1 Å². The lowest BCUT2D eigenvalue weighted by Crippen LogP contribution is -2.55. The molecule has 146 valence electrons. The Labute approximate surface area is 163 Å². The lowest BCUT2D eigenvalue weighted by atomic mass is 9.85. The van der Waals surface area contributed by atoms with Gasteiger partial charge in [-0.2, -0.15) is 0 Å². The van der Waals surface area contributed by atoms with Crippen LogP contribution in [0, 0.1) is 0 Å². The molecule has 1 saturated carbocycles. The highest BCUT2D eigenvalue weighted by Gasteiger charge is 2.34. The van der Waals surface area contributed by atoms with Crippen LogP contribution in [0.1, 0.15) is 25.5 Å². The topological polar surface area (TPSA) is 82.8 Å². The zero-order valence-electron chi connectivity index (χ0n) is 15.9. The minimum Gasteiger partial charge on any atom is -0.480 e. The Balaban J connectivity index is 1.36. The molecule has 4 rings (SSSR count). The molecule has 1 aromatic heterocycles. The number of hydrogen-bond acceptors (Lipinski definition) is 4. The Bertz CT molecular complexity index is 1020. The van der Waals surface area contributed by atoms with E-state index in [1.807, 2.05) is 42.2 Å². The van der Waals surface area contributed by atoms with Gasteiger partial charge in [-0.15, -0.1) is 0 Å². The van der Waals surface area contributed by atoms with Crippen molar-refractivity contribution in [3.8, 4) is 0 Å². The van der Waals surface area contributed by atoms with Gasteiger partial charge in [-0.1, -0.05) is 37.3 Å². The Kier molecular flexibility index (Phi) is 5.05. The van der Waals surface area contributed by atoms with Gasteiger partial charge < -0.3 is 14.8 Å². The zero-order valence-corrected chi connectivity index (χ0v) is 15.9. The van der Waals surface area contributed by atoms with E-state index in [4.69, 9.17) is 9.52 Å². The van der Waals surface area contributed by atoms with Gasteiger partial charge in [-0.25, -0.2) is 0 Å². The number of fused-ring (bicyclic) bond motifs is 3. The quantitative estimate of drug-likeness (QED) is 0.658. The summed E-state index contributed by atoms with van der Waals surface area (Å²) in [7, 11) is 0. The van der Waals surface area contributed by atoms with Crippen molar-refractivity contribution in [3.05, 3.63) is 48.2 Å². The Hall–Kier alpha value is -2.86. The van der Waals surface area contributed by atoms with E-state index >= 15 is 0 Å². The molecule has 6 heteroatoms. The Morgan fingerprint density at radius 3 is 2.71 bits per heavy atom. The van der Waals surface area contributed by atoms with Crippen molar-refractivity contribution in [1.29, 1.82) is 0 Å². The third-order valence-electron chi connectivity index (χ3n) is 5.55. The van der Waals surface area contributed by atoms with Crippen molar-refractivity contribution in [3.63, 3.8) is 0 Å². The average Bonchev–Trinajstić information content (AvgIpc) is 3.05. The number of furan rings is 1. The van der Waals surface area contributed by atoms with Crippen LogP contribution in [-0.2, 0) is 16.0 Å². The third kappa shape index (κ3) is 3.73. The fourth-order valence-corrected chi connectivity index (χ4v) is 4.05. The average molecular weight is 380 g/mol. The molecule has 0 aliphatic heterocycles. The second-order valence-electron chi connectivity index (χ2n) is 7.43. The summed E-state index contributed by atoms with van der Waals surface area (Å²) in [5, 5.41) is 15.3. The highest BCUT2D eigenvalue weighted by atomic mass is 16.4. The van der Waals surface area contributed by atoms with Crippen LogP contribution in [0.3, 0.4) is 0 Å². The van der Waals surface area contributed by atoms with E-state index in [9.17, 15) is 9.59 Å². The van der Waals surface area contributed by atoms with Crippen molar-refractivity contribution >= 4 is 33.6 Å². The fourth-order valence-electron chi connectivity index (χ4n) is 4.05. The molecular formula is C22H24N2O4. The van der Waals surface area contributed by atoms with Gasteiger partial charge in [0.2, 0.25) is 5.91 Å². The van der Waals surface area contributed by atoms with Crippen molar-refractivity contribution in [2.24, 2.45) is 0 Å². The van der Waals surface area contributed by atoms with Crippen LogP contribution in [0.25, 0.3) is 21.7 Å². The number of amides is 1. The first-order valence-corrected chi connectivity index (χ1v) is 9.69. The van der Waals surface area contributed by atoms with E-state index in [0.29, 0.717) is 12.3 Å². The monoisotopic (exact) mass is 380 g/mol. The van der Waals surface area contributed by atoms with Gasteiger partial charge in [0.15, 0.2) is 0 Å². The normalized spacial score (nSPS) is 19.1. The summed E-state index contributed by atoms with van der Waals surface area (Å²) >= 11 is 0. The number of nitrogens with zero attached hydrogens (tertiary/aromatic N) is 1.